The summed E-state index contributed by atoms with van der Waals surface area (Å²) in [6.07, 6.45) is 13.2. The van der Waals surface area contributed by atoms with Crippen molar-refractivity contribution < 1.29 is 4.52 Å². The molecule has 1 aromatic heterocycles. The maximum Gasteiger partial charge on any atom is 0.143 e. The average molecular weight is 277 g/mol. The van der Waals surface area contributed by atoms with E-state index >= 15 is 0 Å². The van der Waals surface area contributed by atoms with Crippen LogP contribution in [0.2, 0.25) is 0 Å². The quantitative estimate of drug-likeness (QED) is 0.455. The lowest BCUT2D eigenvalue weighted by atomic mass is 9.77. The molecule has 2 nitrogen and oxygen atoms in total. The van der Waals surface area contributed by atoms with Gasteiger partial charge >= 0.3 is 0 Å². The van der Waals surface area contributed by atoms with Gasteiger partial charge in [0.2, 0.25) is 0 Å². The lowest BCUT2D eigenvalue weighted by Crippen LogP contribution is -2.21. The zero-order valence-corrected chi connectivity index (χ0v) is 13.6. The van der Waals surface area contributed by atoms with E-state index in [0.717, 1.165) is 11.5 Å². The van der Waals surface area contributed by atoms with Crippen molar-refractivity contribution in [3.05, 3.63) is 24.1 Å². The molecular weight excluding hydrogens is 246 g/mol. The van der Waals surface area contributed by atoms with Crippen LogP contribution in [0.15, 0.2) is 17.2 Å². The van der Waals surface area contributed by atoms with Crippen molar-refractivity contribution in [1.82, 2.24) is 5.16 Å². The first-order valence-electron chi connectivity index (χ1n) is 8.26. The van der Waals surface area contributed by atoms with Crippen LogP contribution in [-0.2, 0) is 5.41 Å². The van der Waals surface area contributed by atoms with Gasteiger partial charge in [-0.05, 0) is 18.9 Å². The lowest BCUT2D eigenvalue weighted by molar-refractivity contribution is 0.264. The van der Waals surface area contributed by atoms with Gasteiger partial charge in [0.05, 0.1) is 0 Å². The van der Waals surface area contributed by atoms with Crippen LogP contribution in [0.4, 0.5) is 0 Å². The summed E-state index contributed by atoms with van der Waals surface area (Å²) in [5.74, 6) is 1.04. The standard InChI is InChI=1S/C18H31NO/c1-5-8-10-11-12-14-18(4,13-9-6-2)17-15-16(7-3)19-20-17/h7,15H,3,5-6,8-14H2,1-2,4H3. The topological polar surface area (TPSA) is 26.0 Å². The molecule has 0 aliphatic carbocycles. The fourth-order valence-corrected chi connectivity index (χ4v) is 2.73. The van der Waals surface area contributed by atoms with E-state index in [4.69, 9.17) is 4.52 Å². The largest absolute Gasteiger partial charge is 0.360 e. The Balaban J connectivity index is 2.62. The van der Waals surface area contributed by atoms with Crippen LogP contribution in [0, 0.1) is 0 Å². The molecule has 0 aromatic carbocycles. The number of rotatable bonds is 11. The van der Waals surface area contributed by atoms with E-state index in [9.17, 15) is 0 Å². The molecular formula is C18H31NO. The SMILES string of the molecule is C=Cc1cc(C(C)(CCCC)CCCCCCC)on1. The molecule has 1 rings (SSSR count). The molecule has 0 aliphatic rings. The summed E-state index contributed by atoms with van der Waals surface area (Å²) in [6, 6.07) is 2.06. The zero-order valence-electron chi connectivity index (χ0n) is 13.6. The van der Waals surface area contributed by atoms with E-state index in [-0.39, 0.29) is 5.41 Å². The average Bonchev–Trinajstić information content (AvgIpc) is 2.94. The molecule has 0 fully saturated rings. The summed E-state index contributed by atoms with van der Waals surface area (Å²) >= 11 is 0. The van der Waals surface area contributed by atoms with E-state index in [1.165, 1.54) is 57.8 Å². The van der Waals surface area contributed by atoms with Gasteiger partial charge in [-0.25, -0.2) is 0 Å². The number of hydrogen-bond donors (Lipinski definition) is 0. The molecule has 114 valence electrons. The molecule has 0 saturated heterocycles. The van der Waals surface area contributed by atoms with Crippen LogP contribution < -0.4 is 0 Å². The molecule has 1 unspecified atom stereocenters. The Labute approximate surface area is 124 Å². The maximum absolute atomic E-state index is 5.57. The van der Waals surface area contributed by atoms with Crippen molar-refractivity contribution in [2.45, 2.75) is 84.0 Å². The maximum atomic E-state index is 5.57. The molecule has 0 N–H and O–H groups in total. The number of hydrogen-bond acceptors (Lipinski definition) is 2. The molecule has 1 heterocycles. The molecule has 0 saturated carbocycles. The first-order valence-corrected chi connectivity index (χ1v) is 8.26. The molecule has 1 aromatic rings. The van der Waals surface area contributed by atoms with Crippen LogP contribution >= 0.6 is 0 Å². The van der Waals surface area contributed by atoms with Crippen molar-refractivity contribution in [1.29, 1.82) is 0 Å². The lowest BCUT2D eigenvalue weighted by Gasteiger charge is -2.26. The Bertz CT molecular complexity index is 383. The van der Waals surface area contributed by atoms with Gasteiger partial charge in [-0.2, -0.15) is 0 Å². The highest BCUT2D eigenvalue weighted by atomic mass is 16.5. The normalized spacial score (nSPS) is 14.2. The van der Waals surface area contributed by atoms with Crippen molar-refractivity contribution in [2.24, 2.45) is 0 Å². The van der Waals surface area contributed by atoms with Crippen LogP contribution in [0.1, 0.15) is 90.0 Å². The summed E-state index contributed by atoms with van der Waals surface area (Å²) in [5, 5.41) is 4.07. The Morgan fingerprint density at radius 2 is 1.75 bits per heavy atom. The highest BCUT2D eigenvalue weighted by Crippen LogP contribution is 2.35. The van der Waals surface area contributed by atoms with Crippen molar-refractivity contribution in [3.63, 3.8) is 0 Å². The fraction of sp³-hybridized carbons (Fsp3) is 0.722. The van der Waals surface area contributed by atoms with Gasteiger partial charge in [-0.1, -0.05) is 77.5 Å². The fourth-order valence-electron chi connectivity index (χ4n) is 2.73. The van der Waals surface area contributed by atoms with E-state index in [1.807, 2.05) is 0 Å². The van der Waals surface area contributed by atoms with E-state index in [1.54, 1.807) is 6.08 Å². The molecule has 1 atom stereocenters. The van der Waals surface area contributed by atoms with Gasteiger partial charge < -0.3 is 4.52 Å². The second-order valence-electron chi connectivity index (χ2n) is 6.15. The van der Waals surface area contributed by atoms with Gasteiger partial charge in [0, 0.05) is 11.5 Å². The summed E-state index contributed by atoms with van der Waals surface area (Å²) in [5.41, 5.74) is 0.991. The van der Waals surface area contributed by atoms with Gasteiger partial charge in [-0.15, -0.1) is 0 Å². The van der Waals surface area contributed by atoms with Gasteiger partial charge in [0.15, 0.2) is 0 Å². The monoisotopic (exact) mass is 277 g/mol. The second kappa shape index (κ2) is 8.99. The minimum atomic E-state index is 0.135. The van der Waals surface area contributed by atoms with Gasteiger partial charge in [0.25, 0.3) is 0 Å². The third-order valence-corrected chi connectivity index (χ3v) is 4.25. The first-order chi connectivity index (χ1) is 9.66. The Morgan fingerprint density at radius 3 is 2.35 bits per heavy atom. The van der Waals surface area contributed by atoms with Crippen LogP contribution in [0.25, 0.3) is 6.08 Å². The van der Waals surface area contributed by atoms with Gasteiger partial charge in [-0.3, -0.25) is 0 Å². The van der Waals surface area contributed by atoms with Crippen molar-refractivity contribution >= 4 is 6.08 Å². The first kappa shape index (κ1) is 17.0. The number of aromatic nitrogens is 1. The second-order valence-corrected chi connectivity index (χ2v) is 6.15. The molecule has 0 spiro atoms. The van der Waals surface area contributed by atoms with E-state index < -0.39 is 0 Å². The third kappa shape index (κ3) is 5.15. The Morgan fingerprint density at radius 1 is 1.10 bits per heavy atom. The number of nitrogens with zero attached hydrogens (tertiary/aromatic N) is 1. The van der Waals surface area contributed by atoms with Gasteiger partial charge in [0.1, 0.15) is 11.5 Å². The van der Waals surface area contributed by atoms with E-state index in [2.05, 4.69) is 38.6 Å². The number of unbranched alkanes of at least 4 members (excludes halogenated alkanes) is 5. The third-order valence-electron chi connectivity index (χ3n) is 4.25. The van der Waals surface area contributed by atoms with E-state index in [0.29, 0.717) is 0 Å². The molecule has 0 amide bonds. The van der Waals surface area contributed by atoms with Crippen molar-refractivity contribution in [3.8, 4) is 0 Å². The van der Waals surface area contributed by atoms with Crippen LogP contribution in [-0.4, -0.2) is 5.16 Å². The summed E-state index contributed by atoms with van der Waals surface area (Å²) in [4.78, 5) is 0. The molecule has 2 heteroatoms. The minimum absolute atomic E-state index is 0.135. The minimum Gasteiger partial charge on any atom is -0.360 e. The highest BCUT2D eigenvalue weighted by Gasteiger charge is 2.29. The molecule has 0 bridgehead atoms. The predicted octanol–water partition coefficient (Wildman–Crippen LogP) is 6.13. The van der Waals surface area contributed by atoms with Crippen LogP contribution in [0.5, 0.6) is 0 Å². The molecule has 0 aliphatic heterocycles. The molecule has 20 heavy (non-hydrogen) atoms. The van der Waals surface area contributed by atoms with Crippen molar-refractivity contribution in [2.75, 3.05) is 0 Å². The Hall–Kier alpha value is -1.05. The predicted molar refractivity (Wildman–Crippen MR) is 86.8 cm³/mol. The smallest absolute Gasteiger partial charge is 0.143 e. The summed E-state index contributed by atoms with van der Waals surface area (Å²) in [7, 11) is 0. The summed E-state index contributed by atoms with van der Waals surface area (Å²) < 4.78 is 5.57. The highest BCUT2D eigenvalue weighted by molar-refractivity contribution is 5.41. The summed E-state index contributed by atoms with van der Waals surface area (Å²) in [6.45, 7) is 10.6. The zero-order chi connectivity index (χ0) is 14.8. The molecule has 0 radical (unpaired) electrons. The Kier molecular flexibility index (Phi) is 7.64. The van der Waals surface area contributed by atoms with Crippen LogP contribution in [0.3, 0.4) is 0 Å².